The Balaban J connectivity index is 1.54. The first-order chi connectivity index (χ1) is 24.4. The van der Waals surface area contributed by atoms with Gasteiger partial charge in [-0.25, -0.2) is 35.3 Å². The molecule has 0 aliphatic carbocycles. The van der Waals surface area contributed by atoms with Gasteiger partial charge in [-0.1, -0.05) is 72.8 Å². The summed E-state index contributed by atoms with van der Waals surface area (Å²) in [5.74, 6) is -14.9. The lowest BCUT2D eigenvalue weighted by molar-refractivity contribution is -0.117. The Morgan fingerprint density at radius 1 is 0.667 bits per heavy atom. The molecular formula is C36H26F6N2O6S. The molecule has 0 radical (unpaired) electrons. The van der Waals surface area contributed by atoms with E-state index >= 15 is 0 Å². The molecule has 5 rings (SSSR count). The molecule has 1 N–H and O–H groups in total. The molecule has 0 spiro atoms. The second kappa shape index (κ2) is 16.4. The second-order valence-corrected chi connectivity index (χ2v) is 11.7. The Bertz CT molecular complexity index is 2030. The lowest BCUT2D eigenvalue weighted by atomic mass is 10.1. The minimum absolute atomic E-state index is 0.0342. The minimum atomic E-state index is -3.48. The zero-order chi connectivity index (χ0) is 36.7. The van der Waals surface area contributed by atoms with Gasteiger partial charge in [0.1, 0.15) is 42.6 Å². The quantitative estimate of drug-likeness (QED) is 0.0441. The molecule has 1 atom stereocenters. The van der Waals surface area contributed by atoms with Gasteiger partial charge in [0.25, 0.3) is 11.3 Å². The van der Waals surface area contributed by atoms with Crippen LogP contribution in [0.25, 0.3) is 0 Å². The summed E-state index contributed by atoms with van der Waals surface area (Å²) in [6, 6.07) is 26.2. The number of ether oxygens (including phenoxy) is 2. The van der Waals surface area contributed by atoms with Gasteiger partial charge in [0, 0.05) is 11.8 Å². The molecule has 0 aliphatic heterocycles. The summed E-state index contributed by atoms with van der Waals surface area (Å²) >= 11 is -3.48. The standard InChI is InChI=1S/C36H26F6N2O6S/c37-25-13-11-22(12-14-25)18-43(29(45)19-44(51(47)48)35-33(41)31(39)30(38)32(40)34(35)42)26-15-16-27(36(46)50-21-24-9-5-2-6-10-24)28(17-26)49-20-23-7-3-1-4-8-23/h1-17H,18-21H2,(H,47,48). The Kier molecular flexibility index (Phi) is 11.7. The van der Waals surface area contributed by atoms with Crippen LogP contribution in [0.4, 0.5) is 37.7 Å². The van der Waals surface area contributed by atoms with E-state index in [1.54, 1.807) is 60.7 Å². The number of amides is 1. The fourth-order valence-electron chi connectivity index (χ4n) is 4.83. The predicted octanol–water partition coefficient (Wildman–Crippen LogP) is 7.63. The highest BCUT2D eigenvalue weighted by Gasteiger charge is 2.34. The SMILES string of the molecule is O=C(OCc1ccccc1)c1ccc(N(Cc2ccc(F)cc2)C(=O)CN(c2c(F)c(F)c(F)c(F)c2F)S(=O)O)cc1OCc1ccccc1. The van der Waals surface area contributed by atoms with Crippen LogP contribution in [0.1, 0.15) is 27.0 Å². The van der Waals surface area contributed by atoms with Crippen LogP contribution in [-0.2, 0) is 40.6 Å². The third-order valence-electron chi connectivity index (χ3n) is 7.41. The van der Waals surface area contributed by atoms with Gasteiger partial charge in [-0.2, -0.15) is 0 Å². The van der Waals surface area contributed by atoms with E-state index in [4.69, 9.17) is 9.47 Å². The zero-order valence-electron chi connectivity index (χ0n) is 26.2. The van der Waals surface area contributed by atoms with E-state index in [1.807, 2.05) is 0 Å². The number of benzene rings is 5. The van der Waals surface area contributed by atoms with Gasteiger partial charge in [0.15, 0.2) is 23.3 Å². The maximum Gasteiger partial charge on any atom is 0.342 e. The number of nitrogens with zero attached hydrogens (tertiary/aromatic N) is 2. The van der Waals surface area contributed by atoms with Crippen molar-refractivity contribution in [1.82, 2.24) is 0 Å². The molecule has 0 saturated carbocycles. The van der Waals surface area contributed by atoms with Crippen LogP contribution in [0.2, 0.25) is 0 Å². The average Bonchev–Trinajstić information content (AvgIpc) is 3.14. The van der Waals surface area contributed by atoms with Gasteiger partial charge in [-0.15, -0.1) is 0 Å². The van der Waals surface area contributed by atoms with Gasteiger partial charge in [0.05, 0.1) is 6.54 Å². The van der Waals surface area contributed by atoms with E-state index < -0.39 is 76.8 Å². The smallest absolute Gasteiger partial charge is 0.342 e. The molecule has 0 heterocycles. The van der Waals surface area contributed by atoms with E-state index in [1.165, 1.54) is 30.3 Å². The summed E-state index contributed by atoms with van der Waals surface area (Å²) in [5.41, 5.74) is -0.201. The molecule has 0 aromatic heterocycles. The van der Waals surface area contributed by atoms with E-state index in [-0.39, 0.29) is 34.5 Å². The maximum absolute atomic E-state index is 14.7. The van der Waals surface area contributed by atoms with E-state index in [9.17, 15) is 44.7 Å². The number of hydrogen-bond acceptors (Lipinski definition) is 5. The van der Waals surface area contributed by atoms with Crippen molar-refractivity contribution in [3.8, 4) is 5.75 Å². The van der Waals surface area contributed by atoms with Crippen molar-refractivity contribution in [2.45, 2.75) is 19.8 Å². The molecule has 5 aromatic rings. The van der Waals surface area contributed by atoms with Crippen molar-refractivity contribution in [1.29, 1.82) is 0 Å². The van der Waals surface area contributed by atoms with Crippen LogP contribution in [0.3, 0.4) is 0 Å². The Hall–Kier alpha value is -5.67. The minimum Gasteiger partial charge on any atom is -0.488 e. The van der Waals surface area contributed by atoms with E-state index in [2.05, 4.69) is 0 Å². The molecule has 0 fully saturated rings. The summed E-state index contributed by atoms with van der Waals surface area (Å²) in [7, 11) is 0. The molecule has 264 valence electrons. The lowest BCUT2D eigenvalue weighted by Gasteiger charge is -2.28. The summed E-state index contributed by atoms with van der Waals surface area (Å²) in [6.07, 6.45) is 0. The summed E-state index contributed by atoms with van der Waals surface area (Å²) < 4.78 is 118. The van der Waals surface area contributed by atoms with Gasteiger partial charge >= 0.3 is 5.97 Å². The van der Waals surface area contributed by atoms with Crippen molar-refractivity contribution in [3.05, 3.63) is 160 Å². The van der Waals surface area contributed by atoms with Gasteiger partial charge in [-0.3, -0.25) is 13.7 Å². The van der Waals surface area contributed by atoms with Crippen LogP contribution in [-0.4, -0.2) is 27.2 Å². The fraction of sp³-hybridized carbons (Fsp3) is 0.111. The van der Waals surface area contributed by atoms with Crippen LogP contribution in [0.5, 0.6) is 5.75 Å². The molecule has 15 heteroatoms. The Labute approximate surface area is 289 Å². The van der Waals surface area contributed by atoms with Crippen molar-refractivity contribution in [2.24, 2.45) is 0 Å². The van der Waals surface area contributed by atoms with Gasteiger partial charge < -0.3 is 14.4 Å². The molecule has 0 aliphatic rings. The molecule has 5 aromatic carbocycles. The summed E-state index contributed by atoms with van der Waals surface area (Å²) in [5, 5.41) is 0. The predicted molar refractivity (Wildman–Crippen MR) is 175 cm³/mol. The molecule has 51 heavy (non-hydrogen) atoms. The summed E-state index contributed by atoms with van der Waals surface area (Å²) in [6.45, 7) is -1.91. The first-order valence-corrected chi connectivity index (χ1v) is 16.0. The highest BCUT2D eigenvalue weighted by atomic mass is 32.2. The van der Waals surface area contributed by atoms with Crippen molar-refractivity contribution in [3.63, 3.8) is 0 Å². The van der Waals surface area contributed by atoms with Gasteiger partial charge in [-0.05, 0) is 41.0 Å². The fourth-order valence-corrected chi connectivity index (χ4v) is 5.37. The Morgan fingerprint density at radius 3 is 1.78 bits per heavy atom. The average molecular weight is 729 g/mol. The number of rotatable bonds is 13. The largest absolute Gasteiger partial charge is 0.488 e. The highest BCUT2D eigenvalue weighted by molar-refractivity contribution is 7.80. The number of halogens is 6. The number of hydrogen-bond donors (Lipinski definition) is 1. The molecule has 0 saturated heterocycles. The third-order valence-corrected chi connectivity index (χ3v) is 8.09. The van der Waals surface area contributed by atoms with Crippen LogP contribution >= 0.6 is 0 Å². The number of esters is 1. The number of carbonyl (C=O) groups is 2. The first kappa shape index (κ1) is 36.6. The molecule has 0 bridgehead atoms. The molecule has 1 unspecified atom stereocenters. The van der Waals surface area contributed by atoms with E-state index in [0.717, 1.165) is 17.0 Å². The molecule has 8 nitrogen and oxygen atoms in total. The lowest BCUT2D eigenvalue weighted by Crippen LogP contribution is -2.42. The number of carbonyl (C=O) groups excluding carboxylic acids is 2. The third kappa shape index (κ3) is 8.74. The Morgan fingerprint density at radius 2 is 1.22 bits per heavy atom. The number of anilines is 2. The van der Waals surface area contributed by atoms with Crippen molar-refractivity contribution >= 4 is 34.5 Å². The summed E-state index contributed by atoms with van der Waals surface area (Å²) in [4.78, 5) is 28.0. The van der Waals surface area contributed by atoms with Crippen LogP contribution in [0, 0.1) is 34.9 Å². The zero-order valence-corrected chi connectivity index (χ0v) is 27.0. The molecular weight excluding hydrogens is 702 g/mol. The van der Waals surface area contributed by atoms with Crippen molar-refractivity contribution < 1.29 is 54.2 Å². The normalized spacial score (nSPS) is 11.5. The van der Waals surface area contributed by atoms with Gasteiger partial charge in [0.2, 0.25) is 11.7 Å². The van der Waals surface area contributed by atoms with Crippen LogP contribution < -0.4 is 13.9 Å². The monoisotopic (exact) mass is 728 g/mol. The topological polar surface area (TPSA) is 96.4 Å². The highest BCUT2D eigenvalue weighted by Crippen LogP contribution is 2.33. The first-order valence-electron chi connectivity index (χ1n) is 14.9. The molecule has 1 amide bonds. The van der Waals surface area contributed by atoms with Crippen LogP contribution in [0.15, 0.2) is 103 Å². The van der Waals surface area contributed by atoms with Crippen molar-refractivity contribution in [2.75, 3.05) is 15.7 Å². The maximum atomic E-state index is 14.7. The van der Waals surface area contributed by atoms with E-state index in [0.29, 0.717) is 16.7 Å². The second-order valence-electron chi connectivity index (χ2n) is 10.8.